The summed E-state index contributed by atoms with van der Waals surface area (Å²) < 4.78 is 48.5. The molecule has 0 fully saturated rings. The fraction of sp³-hybridized carbons (Fsp3) is 1.00. The molecular weight excluding hydrogens is 212 g/mol. The van der Waals surface area contributed by atoms with Gasteiger partial charge < -0.3 is 11.1 Å². The molecule has 0 saturated carbocycles. The maximum Gasteiger partial charge on any atom is 0.319 e. The molecule has 0 aromatic rings. The Morgan fingerprint density at radius 3 is 1.93 bits per heavy atom. The first-order valence-electron chi connectivity index (χ1n) is 4.93. The van der Waals surface area contributed by atoms with Crippen molar-refractivity contribution in [2.75, 3.05) is 13.1 Å². The highest BCUT2D eigenvalue weighted by atomic mass is 19.3. The van der Waals surface area contributed by atoms with Gasteiger partial charge in [-0.15, -0.1) is 0 Å². The first kappa shape index (κ1) is 14.6. The van der Waals surface area contributed by atoms with E-state index in [4.69, 9.17) is 5.73 Å². The summed E-state index contributed by atoms with van der Waals surface area (Å²) in [6, 6.07) is 0. The molecule has 0 rings (SSSR count). The van der Waals surface area contributed by atoms with E-state index in [-0.39, 0.29) is 6.54 Å². The van der Waals surface area contributed by atoms with Crippen LogP contribution in [0.25, 0.3) is 0 Å². The molecule has 0 aliphatic heterocycles. The lowest BCUT2D eigenvalue weighted by Gasteiger charge is -2.28. The van der Waals surface area contributed by atoms with E-state index in [2.05, 4.69) is 5.32 Å². The standard InChI is InChI=1S/C9H18F4N2/c1-3-8(14,4-2)5-15-6-9(12,13)7(10)11/h7,15H,3-6,14H2,1-2H3. The Hall–Kier alpha value is -0.360. The Bertz CT molecular complexity index is 176. The Morgan fingerprint density at radius 1 is 1.13 bits per heavy atom. The number of nitrogens with one attached hydrogen (secondary N) is 1. The lowest BCUT2D eigenvalue weighted by atomic mass is 9.94. The van der Waals surface area contributed by atoms with E-state index >= 15 is 0 Å². The molecular formula is C9H18F4N2. The summed E-state index contributed by atoms with van der Waals surface area (Å²) in [6.45, 7) is 2.73. The Balaban J connectivity index is 3.98. The molecule has 15 heavy (non-hydrogen) atoms. The molecule has 0 aromatic heterocycles. The van der Waals surface area contributed by atoms with Crippen LogP contribution in [0, 0.1) is 0 Å². The summed E-state index contributed by atoms with van der Waals surface area (Å²) in [7, 11) is 0. The molecule has 92 valence electrons. The summed E-state index contributed by atoms with van der Waals surface area (Å²) in [5.74, 6) is -3.98. The highest BCUT2D eigenvalue weighted by molar-refractivity contribution is 4.85. The van der Waals surface area contributed by atoms with Gasteiger partial charge in [0.1, 0.15) is 0 Å². The first-order valence-corrected chi connectivity index (χ1v) is 4.93. The molecule has 0 aromatic carbocycles. The highest BCUT2D eigenvalue weighted by Gasteiger charge is 2.40. The van der Waals surface area contributed by atoms with Crippen molar-refractivity contribution in [3.8, 4) is 0 Å². The molecule has 0 bridgehead atoms. The smallest absolute Gasteiger partial charge is 0.319 e. The molecule has 2 nitrogen and oxygen atoms in total. The van der Waals surface area contributed by atoms with Gasteiger partial charge in [-0.1, -0.05) is 13.8 Å². The van der Waals surface area contributed by atoms with Crippen LogP contribution in [0.4, 0.5) is 17.6 Å². The fourth-order valence-corrected chi connectivity index (χ4v) is 1.06. The van der Waals surface area contributed by atoms with E-state index in [1.54, 1.807) is 0 Å². The van der Waals surface area contributed by atoms with E-state index in [0.29, 0.717) is 12.8 Å². The van der Waals surface area contributed by atoms with Crippen LogP contribution < -0.4 is 11.1 Å². The zero-order chi connectivity index (χ0) is 12.1. The Labute approximate surface area is 87.2 Å². The molecule has 0 radical (unpaired) electrons. The molecule has 0 amide bonds. The topological polar surface area (TPSA) is 38.0 Å². The van der Waals surface area contributed by atoms with Crippen LogP contribution in [0.1, 0.15) is 26.7 Å². The monoisotopic (exact) mass is 230 g/mol. The molecule has 0 aliphatic rings. The second-order valence-electron chi connectivity index (χ2n) is 3.73. The van der Waals surface area contributed by atoms with Gasteiger partial charge in [0.15, 0.2) is 0 Å². The van der Waals surface area contributed by atoms with Crippen molar-refractivity contribution in [3.05, 3.63) is 0 Å². The second-order valence-corrected chi connectivity index (χ2v) is 3.73. The largest absolute Gasteiger partial charge is 0.324 e. The summed E-state index contributed by atoms with van der Waals surface area (Å²) in [5.41, 5.74) is 5.21. The van der Waals surface area contributed by atoms with Gasteiger partial charge in [-0.3, -0.25) is 0 Å². The van der Waals surface area contributed by atoms with Crippen LogP contribution in [0.15, 0.2) is 0 Å². The van der Waals surface area contributed by atoms with Crippen molar-refractivity contribution in [2.45, 2.75) is 44.6 Å². The van der Waals surface area contributed by atoms with Gasteiger partial charge in [0.05, 0.1) is 6.54 Å². The zero-order valence-corrected chi connectivity index (χ0v) is 8.99. The summed E-state index contributed by atoms with van der Waals surface area (Å²) in [5, 5.41) is 2.29. The van der Waals surface area contributed by atoms with Crippen molar-refractivity contribution in [2.24, 2.45) is 5.73 Å². The van der Waals surface area contributed by atoms with E-state index in [0.717, 1.165) is 0 Å². The van der Waals surface area contributed by atoms with Gasteiger partial charge in [-0.05, 0) is 12.8 Å². The minimum atomic E-state index is -3.98. The minimum Gasteiger partial charge on any atom is -0.324 e. The quantitative estimate of drug-likeness (QED) is 0.656. The number of halogens is 4. The van der Waals surface area contributed by atoms with Crippen LogP contribution in [-0.4, -0.2) is 31.0 Å². The predicted molar refractivity (Wildman–Crippen MR) is 51.3 cm³/mol. The lowest BCUT2D eigenvalue weighted by molar-refractivity contribution is -0.125. The van der Waals surface area contributed by atoms with E-state index in [1.807, 2.05) is 13.8 Å². The highest BCUT2D eigenvalue weighted by Crippen LogP contribution is 2.21. The zero-order valence-electron chi connectivity index (χ0n) is 8.99. The number of rotatable bonds is 7. The SMILES string of the molecule is CCC(N)(CC)CNCC(F)(F)C(F)F. The van der Waals surface area contributed by atoms with Gasteiger partial charge in [0.2, 0.25) is 0 Å². The van der Waals surface area contributed by atoms with Crippen LogP contribution in [0.2, 0.25) is 0 Å². The van der Waals surface area contributed by atoms with Crippen molar-refractivity contribution in [1.29, 1.82) is 0 Å². The number of alkyl halides is 4. The van der Waals surface area contributed by atoms with Crippen LogP contribution in [0.5, 0.6) is 0 Å². The molecule has 3 N–H and O–H groups in total. The Morgan fingerprint density at radius 2 is 1.60 bits per heavy atom. The Kier molecular flexibility index (Phi) is 5.51. The fourth-order valence-electron chi connectivity index (χ4n) is 1.06. The van der Waals surface area contributed by atoms with Crippen molar-refractivity contribution >= 4 is 0 Å². The van der Waals surface area contributed by atoms with E-state index < -0.39 is 24.4 Å². The maximum atomic E-state index is 12.5. The average molecular weight is 230 g/mol. The van der Waals surface area contributed by atoms with Crippen LogP contribution in [-0.2, 0) is 0 Å². The molecule has 0 unspecified atom stereocenters. The van der Waals surface area contributed by atoms with Crippen molar-refractivity contribution < 1.29 is 17.6 Å². The predicted octanol–water partition coefficient (Wildman–Crippen LogP) is 1.99. The van der Waals surface area contributed by atoms with E-state index in [1.165, 1.54) is 0 Å². The average Bonchev–Trinajstić information content (AvgIpc) is 2.17. The molecule has 0 saturated heterocycles. The summed E-state index contributed by atoms with van der Waals surface area (Å²) >= 11 is 0. The van der Waals surface area contributed by atoms with Gasteiger partial charge in [0.25, 0.3) is 0 Å². The third-order valence-electron chi connectivity index (χ3n) is 2.57. The summed E-state index contributed by atoms with van der Waals surface area (Å²) in [4.78, 5) is 0. The first-order chi connectivity index (χ1) is 6.77. The minimum absolute atomic E-state index is 0.113. The van der Waals surface area contributed by atoms with Gasteiger partial charge in [-0.25, -0.2) is 8.78 Å². The third kappa shape index (κ3) is 4.79. The molecule has 0 spiro atoms. The van der Waals surface area contributed by atoms with Gasteiger partial charge in [-0.2, -0.15) is 8.78 Å². The van der Waals surface area contributed by atoms with Crippen LogP contribution >= 0.6 is 0 Å². The molecule has 6 heteroatoms. The van der Waals surface area contributed by atoms with Gasteiger partial charge >= 0.3 is 12.3 Å². The number of hydrogen-bond donors (Lipinski definition) is 2. The summed E-state index contributed by atoms with van der Waals surface area (Å²) in [6.07, 6.45) is -2.42. The number of nitrogens with two attached hydrogens (primary N) is 1. The molecule has 0 aliphatic carbocycles. The van der Waals surface area contributed by atoms with E-state index in [9.17, 15) is 17.6 Å². The van der Waals surface area contributed by atoms with Crippen molar-refractivity contribution in [1.82, 2.24) is 5.32 Å². The second kappa shape index (κ2) is 5.65. The molecule has 0 heterocycles. The normalized spacial score (nSPS) is 13.6. The van der Waals surface area contributed by atoms with Crippen molar-refractivity contribution in [3.63, 3.8) is 0 Å². The van der Waals surface area contributed by atoms with Crippen LogP contribution in [0.3, 0.4) is 0 Å². The lowest BCUT2D eigenvalue weighted by Crippen LogP contribution is -2.51. The van der Waals surface area contributed by atoms with Gasteiger partial charge in [0, 0.05) is 12.1 Å². The molecule has 0 atom stereocenters. The third-order valence-corrected chi connectivity index (χ3v) is 2.57. The number of hydrogen-bond acceptors (Lipinski definition) is 2. The maximum absolute atomic E-state index is 12.5.